The van der Waals surface area contributed by atoms with Gasteiger partial charge < -0.3 is 9.47 Å². The molecule has 0 unspecified atom stereocenters. The van der Waals surface area contributed by atoms with E-state index in [1.165, 1.54) is 6.92 Å². The number of hydrogen-bond donors (Lipinski definition) is 0. The van der Waals surface area contributed by atoms with Crippen LogP contribution in [0.3, 0.4) is 0 Å². The second-order valence-corrected chi connectivity index (χ2v) is 4.70. The van der Waals surface area contributed by atoms with E-state index in [1.807, 2.05) is 0 Å². The highest BCUT2D eigenvalue weighted by Crippen LogP contribution is 2.29. The number of carbonyl (C=O) groups is 2. The average Bonchev–Trinajstić information content (AvgIpc) is 2.63. The van der Waals surface area contributed by atoms with Gasteiger partial charge in [-0.3, -0.25) is 0 Å². The number of ether oxygens (including phenoxy) is 2. The summed E-state index contributed by atoms with van der Waals surface area (Å²) in [5.74, 6) is -6.71. The van der Waals surface area contributed by atoms with E-state index in [0.29, 0.717) is 0 Å². The fraction of sp³-hybridized carbons (Fsp3) is 0.0526. The van der Waals surface area contributed by atoms with E-state index in [-0.39, 0.29) is 11.1 Å². The van der Waals surface area contributed by atoms with E-state index in [9.17, 15) is 22.8 Å². The molecule has 4 nitrogen and oxygen atoms in total. The molecule has 1 aromatic rings. The van der Waals surface area contributed by atoms with E-state index < -0.39 is 40.9 Å². The Labute approximate surface area is 148 Å². The molecule has 0 atom stereocenters. The first-order valence-corrected chi connectivity index (χ1v) is 7.12. The van der Waals surface area contributed by atoms with Crippen LogP contribution in [0.2, 0.25) is 0 Å². The maximum absolute atomic E-state index is 14.3. The van der Waals surface area contributed by atoms with E-state index in [2.05, 4.69) is 29.2 Å². The van der Waals surface area contributed by atoms with Crippen molar-refractivity contribution in [2.24, 2.45) is 0 Å². The summed E-state index contributed by atoms with van der Waals surface area (Å²) in [6, 6.07) is 2.08. The zero-order chi connectivity index (χ0) is 19.9. The van der Waals surface area contributed by atoms with Crippen molar-refractivity contribution in [1.29, 1.82) is 0 Å². The van der Waals surface area contributed by atoms with E-state index in [4.69, 9.17) is 0 Å². The maximum atomic E-state index is 14.3. The van der Waals surface area contributed by atoms with Gasteiger partial charge in [0.25, 0.3) is 0 Å². The van der Waals surface area contributed by atoms with Gasteiger partial charge in [0, 0.05) is 17.7 Å². The van der Waals surface area contributed by atoms with Crippen LogP contribution in [0, 0.1) is 11.6 Å². The molecule has 0 saturated carbocycles. The van der Waals surface area contributed by atoms with Gasteiger partial charge in [0.1, 0.15) is 5.76 Å². The van der Waals surface area contributed by atoms with Crippen LogP contribution in [-0.4, -0.2) is 11.9 Å². The molecule has 0 aliphatic heterocycles. The lowest BCUT2D eigenvalue weighted by Crippen LogP contribution is -2.06. The first-order valence-electron chi connectivity index (χ1n) is 7.12. The second-order valence-electron chi connectivity index (χ2n) is 4.70. The van der Waals surface area contributed by atoms with Crippen LogP contribution in [0.4, 0.5) is 13.2 Å². The molecule has 1 rings (SSSR count). The van der Waals surface area contributed by atoms with Gasteiger partial charge in [0.15, 0.2) is 17.4 Å². The molecule has 136 valence electrons. The molecule has 0 aliphatic carbocycles. The van der Waals surface area contributed by atoms with Crippen molar-refractivity contribution in [2.75, 3.05) is 0 Å². The van der Waals surface area contributed by atoms with Gasteiger partial charge >= 0.3 is 11.9 Å². The molecule has 0 saturated heterocycles. The average molecular weight is 364 g/mol. The summed E-state index contributed by atoms with van der Waals surface area (Å²) < 4.78 is 51.5. The number of carbonyl (C=O) groups excluding carboxylic acids is 2. The van der Waals surface area contributed by atoms with Crippen molar-refractivity contribution >= 4 is 17.5 Å². The Morgan fingerprint density at radius 1 is 1.00 bits per heavy atom. The molecule has 0 radical (unpaired) electrons. The summed E-state index contributed by atoms with van der Waals surface area (Å²) in [4.78, 5) is 22.2. The zero-order valence-electron chi connectivity index (χ0n) is 13.9. The van der Waals surface area contributed by atoms with Gasteiger partial charge in [-0.1, -0.05) is 25.8 Å². The third kappa shape index (κ3) is 5.07. The molecule has 7 heteroatoms. The molecule has 0 fully saturated rings. The molecule has 0 aliphatic rings. The minimum absolute atomic E-state index is 0.130. The Bertz CT molecular complexity index is 835. The minimum atomic E-state index is -1.44. The second kappa shape index (κ2) is 9.22. The Balaban J connectivity index is 3.31. The fourth-order valence-electron chi connectivity index (χ4n) is 1.71. The lowest BCUT2D eigenvalue weighted by atomic mass is 10.0. The Morgan fingerprint density at radius 2 is 1.62 bits per heavy atom. The lowest BCUT2D eigenvalue weighted by Gasteiger charge is -2.09. The fourth-order valence-corrected chi connectivity index (χ4v) is 1.71. The van der Waals surface area contributed by atoms with Crippen molar-refractivity contribution < 1.29 is 32.2 Å². The number of benzene rings is 1. The van der Waals surface area contributed by atoms with Crippen molar-refractivity contribution in [3.63, 3.8) is 0 Å². The van der Waals surface area contributed by atoms with Crippen LogP contribution in [0.1, 0.15) is 12.5 Å². The summed E-state index contributed by atoms with van der Waals surface area (Å²) in [5, 5.41) is 0. The highest BCUT2D eigenvalue weighted by Gasteiger charge is 2.18. The summed E-state index contributed by atoms with van der Waals surface area (Å²) in [5.41, 5.74) is -0.469. The predicted molar refractivity (Wildman–Crippen MR) is 90.5 cm³/mol. The van der Waals surface area contributed by atoms with Gasteiger partial charge in [-0.15, -0.1) is 0 Å². The molecular formula is C19H15F3O4. The predicted octanol–water partition coefficient (Wildman–Crippen LogP) is 4.56. The molecule has 0 N–H and O–H groups in total. The van der Waals surface area contributed by atoms with Gasteiger partial charge in [0.2, 0.25) is 5.82 Å². The van der Waals surface area contributed by atoms with Gasteiger partial charge in [-0.05, 0) is 30.7 Å². The third-order valence-corrected chi connectivity index (χ3v) is 2.99. The largest absolute Gasteiger partial charge is 0.425 e. The molecule has 0 aromatic heterocycles. The van der Waals surface area contributed by atoms with Gasteiger partial charge in [-0.25, -0.2) is 18.4 Å². The van der Waals surface area contributed by atoms with Crippen LogP contribution < -0.4 is 4.74 Å². The van der Waals surface area contributed by atoms with E-state index in [0.717, 1.165) is 36.4 Å². The number of hydrogen-bond acceptors (Lipinski definition) is 4. The number of allylic oxidation sites excluding steroid dienone is 5. The standard InChI is InChI=1S/C19H15F3O4/c1-5-12(10-14(20)11(4)25-16(23)6-2)13-8-9-15(19(22)18(13)21)26-17(24)7-3/h5-10H,1-3H2,4H3/b12-10+,14-11-. The van der Waals surface area contributed by atoms with E-state index in [1.54, 1.807) is 0 Å². The molecule has 0 spiro atoms. The van der Waals surface area contributed by atoms with Gasteiger partial charge in [-0.2, -0.15) is 4.39 Å². The SMILES string of the molecule is C=CC(=O)O/C(C)=C(F)/C=C(\C=C)c1ccc(OC(=O)C=C)c(F)c1F. The quantitative estimate of drug-likeness (QED) is 0.234. The molecule has 0 bridgehead atoms. The highest BCUT2D eigenvalue weighted by atomic mass is 19.2. The van der Waals surface area contributed by atoms with Crippen molar-refractivity contribution in [1.82, 2.24) is 0 Å². The van der Waals surface area contributed by atoms with Crippen LogP contribution >= 0.6 is 0 Å². The maximum Gasteiger partial charge on any atom is 0.335 e. The minimum Gasteiger partial charge on any atom is -0.425 e. The zero-order valence-corrected chi connectivity index (χ0v) is 13.9. The van der Waals surface area contributed by atoms with Crippen LogP contribution in [0.15, 0.2) is 67.8 Å². The van der Waals surface area contributed by atoms with E-state index >= 15 is 0 Å². The smallest absolute Gasteiger partial charge is 0.335 e. The highest BCUT2D eigenvalue weighted by molar-refractivity contribution is 5.84. The summed E-state index contributed by atoms with van der Waals surface area (Å²) in [7, 11) is 0. The van der Waals surface area contributed by atoms with Crippen LogP contribution in [-0.2, 0) is 14.3 Å². The van der Waals surface area contributed by atoms with Gasteiger partial charge in [0.05, 0.1) is 0 Å². The molecule has 26 heavy (non-hydrogen) atoms. The molecule has 0 amide bonds. The van der Waals surface area contributed by atoms with Crippen LogP contribution in [0.25, 0.3) is 5.57 Å². The molecule has 1 aromatic carbocycles. The molecule has 0 heterocycles. The number of esters is 2. The first kappa shape index (κ1) is 20.7. The van der Waals surface area contributed by atoms with Crippen molar-refractivity contribution in [2.45, 2.75) is 6.92 Å². The summed E-state index contributed by atoms with van der Waals surface area (Å²) in [6.07, 6.45) is 3.52. The van der Waals surface area contributed by atoms with Crippen molar-refractivity contribution in [3.05, 3.63) is 85.0 Å². The lowest BCUT2D eigenvalue weighted by molar-refractivity contribution is -0.134. The summed E-state index contributed by atoms with van der Waals surface area (Å²) >= 11 is 0. The third-order valence-electron chi connectivity index (χ3n) is 2.99. The number of halogens is 3. The molecular weight excluding hydrogens is 349 g/mol. The monoisotopic (exact) mass is 364 g/mol. The normalized spacial score (nSPS) is 11.9. The Morgan fingerprint density at radius 3 is 2.15 bits per heavy atom. The Hall–Kier alpha value is -3.35. The number of rotatable bonds is 7. The summed E-state index contributed by atoms with van der Waals surface area (Å²) in [6.45, 7) is 10.9. The van der Waals surface area contributed by atoms with Crippen LogP contribution in [0.5, 0.6) is 5.75 Å². The topological polar surface area (TPSA) is 52.6 Å². The van der Waals surface area contributed by atoms with Crippen molar-refractivity contribution in [3.8, 4) is 5.75 Å². The first-order chi connectivity index (χ1) is 12.2. The Kier molecular flexibility index (Phi) is 7.34.